The van der Waals surface area contributed by atoms with Crippen molar-refractivity contribution in [3.63, 3.8) is 0 Å². The number of nitrogens with zero attached hydrogens (tertiary/aromatic N) is 2. The highest BCUT2D eigenvalue weighted by atomic mass is 15.2. The molecule has 4 nitrogen and oxygen atoms in total. The lowest BCUT2D eigenvalue weighted by atomic mass is 9.94. The van der Waals surface area contributed by atoms with E-state index < -0.39 is 0 Å². The minimum atomic E-state index is 0.138. The molecule has 0 aliphatic heterocycles. The van der Waals surface area contributed by atoms with Gasteiger partial charge in [-0.15, -0.1) is 0 Å². The lowest BCUT2D eigenvalue weighted by molar-refractivity contribution is 0.664. The summed E-state index contributed by atoms with van der Waals surface area (Å²) in [4.78, 5) is 7.00. The van der Waals surface area contributed by atoms with Crippen molar-refractivity contribution < 1.29 is 0 Å². The Morgan fingerprint density at radius 1 is 1.42 bits per heavy atom. The van der Waals surface area contributed by atoms with Crippen molar-refractivity contribution in [2.45, 2.75) is 38.5 Å². The summed E-state index contributed by atoms with van der Waals surface area (Å²) in [5.74, 6) is 1.85. The van der Waals surface area contributed by atoms with E-state index in [0.717, 1.165) is 36.7 Å². The maximum atomic E-state index is 7.80. The summed E-state index contributed by atoms with van der Waals surface area (Å²) in [5, 5.41) is 7.80. The Labute approximate surface area is 114 Å². The van der Waals surface area contributed by atoms with Crippen LogP contribution in [-0.4, -0.2) is 24.4 Å². The highest BCUT2D eigenvalue weighted by Gasteiger charge is 2.25. The van der Waals surface area contributed by atoms with Crippen molar-refractivity contribution in [3.05, 3.63) is 22.9 Å². The number of nitrogens with two attached hydrogens (primary N) is 1. The van der Waals surface area contributed by atoms with Crippen molar-refractivity contribution in [1.29, 1.82) is 5.41 Å². The van der Waals surface area contributed by atoms with Gasteiger partial charge >= 0.3 is 0 Å². The van der Waals surface area contributed by atoms with Crippen molar-refractivity contribution in [2.75, 3.05) is 18.5 Å². The Morgan fingerprint density at radius 2 is 2.16 bits per heavy atom. The second-order valence-electron chi connectivity index (χ2n) is 5.91. The lowest BCUT2D eigenvalue weighted by Gasteiger charge is -2.24. The molecule has 102 valence electrons. The van der Waals surface area contributed by atoms with E-state index in [4.69, 9.17) is 16.1 Å². The Morgan fingerprint density at radius 3 is 2.84 bits per heavy atom. The number of aryl methyl sites for hydroxylation is 2. The highest BCUT2D eigenvalue weighted by Crippen LogP contribution is 2.32. The number of nitrogens with one attached hydrogen (secondary N) is 1. The molecule has 0 aromatic carbocycles. The molecule has 1 heterocycles. The first-order valence-corrected chi connectivity index (χ1v) is 7.23. The van der Waals surface area contributed by atoms with Gasteiger partial charge in [-0.2, -0.15) is 0 Å². The molecule has 1 aromatic rings. The molecule has 0 bridgehead atoms. The van der Waals surface area contributed by atoms with E-state index in [0.29, 0.717) is 0 Å². The van der Waals surface area contributed by atoms with Crippen LogP contribution in [0.5, 0.6) is 0 Å². The molecule has 0 atom stereocenters. The molecule has 3 N–H and O–H groups in total. The van der Waals surface area contributed by atoms with Crippen molar-refractivity contribution in [3.8, 4) is 0 Å². The number of rotatable bonds is 4. The Kier molecular flexibility index (Phi) is 3.17. The molecule has 2 aliphatic carbocycles. The number of anilines is 1. The third-order valence-corrected chi connectivity index (χ3v) is 4.16. The average molecular weight is 258 g/mol. The van der Waals surface area contributed by atoms with Gasteiger partial charge in [-0.3, -0.25) is 5.41 Å². The monoisotopic (exact) mass is 258 g/mol. The fourth-order valence-corrected chi connectivity index (χ4v) is 2.89. The molecule has 0 saturated heterocycles. The van der Waals surface area contributed by atoms with Gasteiger partial charge in [-0.1, -0.05) is 0 Å². The quantitative estimate of drug-likeness (QED) is 0.642. The fourth-order valence-electron chi connectivity index (χ4n) is 2.89. The predicted molar refractivity (Wildman–Crippen MR) is 77.9 cm³/mol. The number of pyridine rings is 1. The molecular weight excluding hydrogens is 236 g/mol. The van der Waals surface area contributed by atoms with E-state index in [1.807, 2.05) is 0 Å². The molecule has 1 fully saturated rings. The fraction of sp³-hybridized carbons (Fsp3) is 0.600. The van der Waals surface area contributed by atoms with Gasteiger partial charge in [0.05, 0.1) is 5.56 Å². The van der Waals surface area contributed by atoms with Crippen LogP contribution < -0.4 is 10.6 Å². The zero-order valence-electron chi connectivity index (χ0n) is 11.6. The summed E-state index contributed by atoms with van der Waals surface area (Å²) >= 11 is 0. The predicted octanol–water partition coefficient (Wildman–Crippen LogP) is 2.09. The molecule has 19 heavy (non-hydrogen) atoms. The van der Waals surface area contributed by atoms with Crippen LogP contribution in [0, 0.1) is 11.3 Å². The van der Waals surface area contributed by atoms with Crippen LogP contribution in [0.25, 0.3) is 0 Å². The summed E-state index contributed by atoms with van der Waals surface area (Å²) in [7, 11) is 2.07. The zero-order valence-corrected chi connectivity index (χ0v) is 11.6. The first kappa shape index (κ1) is 12.5. The molecule has 3 rings (SSSR count). The molecule has 2 aliphatic rings. The molecular formula is C15H22N4. The van der Waals surface area contributed by atoms with E-state index in [9.17, 15) is 0 Å². The van der Waals surface area contributed by atoms with Gasteiger partial charge in [0.2, 0.25) is 0 Å². The van der Waals surface area contributed by atoms with Crippen LogP contribution in [0.1, 0.15) is 42.5 Å². The normalized spacial score (nSPS) is 17.9. The van der Waals surface area contributed by atoms with Crippen LogP contribution in [0.15, 0.2) is 6.07 Å². The van der Waals surface area contributed by atoms with Crippen LogP contribution in [0.3, 0.4) is 0 Å². The SMILES string of the molecule is CN(CC1CC1)c1nc2c(cc1C(=N)N)CCCC2. The van der Waals surface area contributed by atoms with Crippen LogP contribution in [0.4, 0.5) is 5.82 Å². The molecule has 1 aromatic heterocycles. The van der Waals surface area contributed by atoms with Crippen molar-refractivity contribution in [2.24, 2.45) is 11.7 Å². The first-order chi connectivity index (χ1) is 9.15. The van der Waals surface area contributed by atoms with Crippen LogP contribution in [0.2, 0.25) is 0 Å². The topological polar surface area (TPSA) is 66.0 Å². The number of aromatic nitrogens is 1. The van der Waals surface area contributed by atoms with Gasteiger partial charge in [0.25, 0.3) is 0 Å². The van der Waals surface area contributed by atoms with E-state index in [2.05, 4.69) is 18.0 Å². The minimum Gasteiger partial charge on any atom is -0.384 e. The maximum absolute atomic E-state index is 7.80. The largest absolute Gasteiger partial charge is 0.384 e. The molecule has 0 spiro atoms. The smallest absolute Gasteiger partial charge is 0.139 e. The van der Waals surface area contributed by atoms with E-state index >= 15 is 0 Å². The summed E-state index contributed by atoms with van der Waals surface area (Å²) in [6.45, 7) is 1.03. The number of hydrogen-bond donors (Lipinski definition) is 2. The summed E-state index contributed by atoms with van der Waals surface area (Å²) in [5.41, 5.74) is 9.07. The molecule has 1 saturated carbocycles. The summed E-state index contributed by atoms with van der Waals surface area (Å²) < 4.78 is 0. The van der Waals surface area contributed by atoms with Crippen LogP contribution >= 0.6 is 0 Å². The van der Waals surface area contributed by atoms with E-state index in [-0.39, 0.29) is 5.84 Å². The minimum absolute atomic E-state index is 0.138. The number of nitrogen functional groups attached to an aromatic ring is 1. The first-order valence-electron chi connectivity index (χ1n) is 7.23. The zero-order chi connectivity index (χ0) is 13.4. The third kappa shape index (κ3) is 2.57. The summed E-state index contributed by atoms with van der Waals surface area (Å²) in [6, 6.07) is 2.10. The van der Waals surface area contributed by atoms with Gasteiger partial charge < -0.3 is 10.6 Å². The van der Waals surface area contributed by atoms with Crippen LogP contribution in [-0.2, 0) is 12.8 Å². The molecule has 4 heteroatoms. The van der Waals surface area contributed by atoms with Gasteiger partial charge in [0.1, 0.15) is 11.7 Å². The van der Waals surface area contributed by atoms with Crippen molar-refractivity contribution >= 4 is 11.7 Å². The highest BCUT2D eigenvalue weighted by molar-refractivity contribution is 5.99. The lowest BCUT2D eigenvalue weighted by Crippen LogP contribution is -2.27. The van der Waals surface area contributed by atoms with Gasteiger partial charge in [0.15, 0.2) is 0 Å². The number of hydrogen-bond acceptors (Lipinski definition) is 3. The van der Waals surface area contributed by atoms with E-state index in [1.165, 1.54) is 36.9 Å². The standard InChI is InChI=1S/C15H22N4/c1-19(9-10-6-7-10)15-12(14(16)17)8-11-4-2-3-5-13(11)18-15/h8,10H,2-7,9H2,1H3,(H3,16,17). The Bertz CT molecular complexity index is 505. The number of amidine groups is 1. The number of fused-ring (bicyclic) bond motifs is 1. The molecule has 0 radical (unpaired) electrons. The second kappa shape index (κ2) is 4.83. The van der Waals surface area contributed by atoms with Gasteiger partial charge in [0, 0.05) is 19.3 Å². The third-order valence-electron chi connectivity index (χ3n) is 4.16. The molecule has 0 unspecified atom stereocenters. The second-order valence-corrected chi connectivity index (χ2v) is 5.91. The van der Waals surface area contributed by atoms with Gasteiger partial charge in [-0.05, 0) is 56.1 Å². The Hall–Kier alpha value is -1.58. The summed E-state index contributed by atoms with van der Waals surface area (Å²) in [6.07, 6.45) is 7.25. The maximum Gasteiger partial charge on any atom is 0.139 e. The van der Waals surface area contributed by atoms with E-state index in [1.54, 1.807) is 0 Å². The van der Waals surface area contributed by atoms with Gasteiger partial charge in [-0.25, -0.2) is 4.98 Å². The Balaban J connectivity index is 1.97. The average Bonchev–Trinajstić information content (AvgIpc) is 3.21. The molecule has 0 amide bonds. The van der Waals surface area contributed by atoms with Crippen molar-refractivity contribution in [1.82, 2.24) is 4.98 Å².